The number of nitrogens with one attached hydrogen (secondary N) is 1. The average molecular weight is 272 g/mol. The highest BCUT2D eigenvalue weighted by molar-refractivity contribution is 5.95. The molecule has 0 atom stereocenters. The Kier molecular flexibility index (Phi) is 3.85. The van der Waals surface area contributed by atoms with Crippen molar-refractivity contribution in [2.45, 2.75) is 19.4 Å². The molecule has 4 nitrogen and oxygen atoms in total. The maximum atomic E-state index is 5.58. The van der Waals surface area contributed by atoms with Gasteiger partial charge in [0.15, 0.2) is 0 Å². The zero-order valence-corrected chi connectivity index (χ0v) is 12.0. The van der Waals surface area contributed by atoms with Crippen molar-refractivity contribution in [2.24, 2.45) is 0 Å². The van der Waals surface area contributed by atoms with Gasteiger partial charge in [0.05, 0.1) is 36.7 Å². The summed E-state index contributed by atoms with van der Waals surface area (Å²) in [5.74, 6) is 0. The fourth-order valence-corrected chi connectivity index (χ4v) is 2.84. The van der Waals surface area contributed by atoms with E-state index in [-0.39, 0.29) is 0 Å². The molecule has 3 rings (SSSR count). The van der Waals surface area contributed by atoms with Gasteiger partial charge in [-0.2, -0.15) is 0 Å². The lowest BCUT2D eigenvalue weighted by molar-refractivity contribution is 0.110. The lowest BCUT2D eigenvalue weighted by atomic mass is 9.99. The van der Waals surface area contributed by atoms with Crippen LogP contribution in [0.3, 0.4) is 0 Å². The van der Waals surface area contributed by atoms with E-state index in [2.05, 4.69) is 23.5 Å². The predicted molar refractivity (Wildman–Crippen MR) is 80.2 cm³/mol. The number of anilines is 1. The summed E-state index contributed by atoms with van der Waals surface area (Å²) >= 11 is 0. The first kappa shape index (κ1) is 13.3. The summed E-state index contributed by atoms with van der Waals surface area (Å²) in [7, 11) is 3.70. The van der Waals surface area contributed by atoms with Gasteiger partial charge in [0.1, 0.15) is 0 Å². The van der Waals surface area contributed by atoms with Crippen LogP contribution in [0.5, 0.6) is 0 Å². The SMILES string of the molecule is CNc1c2c(nc3c(CCOC)cccc13)CCOC2. The Morgan fingerprint density at radius 1 is 1.40 bits per heavy atom. The standard InChI is InChI=1S/C16H20N2O2/c1-17-16-12-5-3-4-11(6-8-19-2)15(12)18-14-7-9-20-10-13(14)16/h3-5H,6-10H2,1-2H3,(H,17,18). The molecule has 2 aromatic rings. The van der Waals surface area contributed by atoms with E-state index >= 15 is 0 Å². The van der Waals surface area contributed by atoms with Gasteiger partial charge in [0.2, 0.25) is 0 Å². The van der Waals surface area contributed by atoms with E-state index in [9.17, 15) is 0 Å². The van der Waals surface area contributed by atoms with Crippen LogP contribution >= 0.6 is 0 Å². The molecule has 106 valence electrons. The van der Waals surface area contributed by atoms with Gasteiger partial charge < -0.3 is 14.8 Å². The Hall–Kier alpha value is -1.65. The van der Waals surface area contributed by atoms with Crippen LogP contribution in [-0.4, -0.2) is 32.4 Å². The van der Waals surface area contributed by atoms with Crippen molar-refractivity contribution in [1.29, 1.82) is 0 Å². The minimum absolute atomic E-state index is 0.650. The Labute approximate surface area is 119 Å². The molecule has 1 aliphatic heterocycles. The molecular weight excluding hydrogens is 252 g/mol. The Morgan fingerprint density at radius 2 is 2.30 bits per heavy atom. The van der Waals surface area contributed by atoms with Gasteiger partial charge >= 0.3 is 0 Å². The third kappa shape index (κ3) is 2.25. The zero-order chi connectivity index (χ0) is 13.9. The average Bonchev–Trinajstić information content (AvgIpc) is 2.50. The minimum atomic E-state index is 0.650. The van der Waals surface area contributed by atoms with E-state index in [0.717, 1.165) is 43.0 Å². The number of rotatable bonds is 4. The Morgan fingerprint density at radius 3 is 3.10 bits per heavy atom. The lowest BCUT2D eigenvalue weighted by Gasteiger charge is -2.21. The normalized spacial score (nSPS) is 14.3. The summed E-state index contributed by atoms with van der Waals surface area (Å²) in [5.41, 5.74) is 5.86. The molecule has 0 amide bonds. The third-order valence-electron chi connectivity index (χ3n) is 3.84. The van der Waals surface area contributed by atoms with Crippen molar-refractivity contribution in [3.63, 3.8) is 0 Å². The number of methoxy groups -OCH3 is 1. The molecule has 0 unspecified atom stereocenters. The lowest BCUT2D eigenvalue weighted by Crippen LogP contribution is -2.15. The summed E-state index contributed by atoms with van der Waals surface area (Å²) < 4.78 is 10.8. The monoisotopic (exact) mass is 272 g/mol. The van der Waals surface area contributed by atoms with Gasteiger partial charge in [-0.1, -0.05) is 18.2 Å². The molecule has 0 bridgehead atoms. The molecule has 1 aliphatic rings. The van der Waals surface area contributed by atoms with Crippen LogP contribution in [0.15, 0.2) is 18.2 Å². The Balaban J connectivity index is 2.20. The highest BCUT2D eigenvalue weighted by Gasteiger charge is 2.18. The number of benzene rings is 1. The summed E-state index contributed by atoms with van der Waals surface area (Å²) in [4.78, 5) is 4.90. The second kappa shape index (κ2) is 5.77. The molecule has 0 radical (unpaired) electrons. The largest absolute Gasteiger partial charge is 0.387 e. The topological polar surface area (TPSA) is 43.4 Å². The summed E-state index contributed by atoms with van der Waals surface area (Å²) in [6.45, 7) is 2.13. The minimum Gasteiger partial charge on any atom is -0.387 e. The van der Waals surface area contributed by atoms with Crippen molar-refractivity contribution >= 4 is 16.6 Å². The molecule has 2 heterocycles. The number of nitrogens with zero attached hydrogens (tertiary/aromatic N) is 1. The third-order valence-corrected chi connectivity index (χ3v) is 3.84. The quantitative estimate of drug-likeness (QED) is 0.929. The molecule has 0 fully saturated rings. The molecule has 1 N–H and O–H groups in total. The van der Waals surface area contributed by atoms with Crippen LogP contribution in [-0.2, 0) is 28.9 Å². The van der Waals surface area contributed by atoms with Gasteiger partial charge in [-0.3, -0.25) is 4.98 Å². The first-order chi connectivity index (χ1) is 9.85. The number of aromatic nitrogens is 1. The molecule has 0 aliphatic carbocycles. The summed E-state index contributed by atoms with van der Waals surface area (Å²) in [6.07, 6.45) is 1.78. The zero-order valence-electron chi connectivity index (χ0n) is 12.0. The molecule has 4 heteroatoms. The fourth-order valence-electron chi connectivity index (χ4n) is 2.84. The van der Waals surface area contributed by atoms with Gasteiger partial charge in [-0.25, -0.2) is 0 Å². The first-order valence-electron chi connectivity index (χ1n) is 7.03. The molecular formula is C16H20N2O2. The molecule has 0 spiro atoms. The van der Waals surface area contributed by atoms with E-state index in [1.807, 2.05) is 7.05 Å². The van der Waals surface area contributed by atoms with Crippen LogP contribution in [0.1, 0.15) is 16.8 Å². The molecule has 0 saturated carbocycles. The number of hydrogen-bond donors (Lipinski definition) is 1. The smallest absolute Gasteiger partial charge is 0.0759 e. The highest BCUT2D eigenvalue weighted by atomic mass is 16.5. The second-order valence-electron chi connectivity index (χ2n) is 5.02. The van der Waals surface area contributed by atoms with Crippen molar-refractivity contribution in [2.75, 3.05) is 32.7 Å². The summed E-state index contributed by atoms with van der Waals surface area (Å²) in [6, 6.07) is 6.35. The van der Waals surface area contributed by atoms with Crippen molar-refractivity contribution in [1.82, 2.24) is 4.98 Å². The van der Waals surface area contributed by atoms with Gasteiger partial charge in [-0.05, 0) is 12.0 Å². The number of hydrogen-bond acceptors (Lipinski definition) is 4. The Bertz CT molecular complexity index is 625. The fraction of sp³-hybridized carbons (Fsp3) is 0.438. The van der Waals surface area contributed by atoms with E-state index in [4.69, 9.17) is 14.5 Å². The van der Waals surface area contributed by atoms with Crippen LogP contribution < -0.4 is 5.32 Å². The summed E-state index contributed by atoms with van der Waals surface area (Å²) in [5, 5.41) is 4.50. The van der Waals surface area contributed by atoms with Gasteiger partial charge in [0, 0.05) is 31.5 Å². The first-order valence-corrected chi connectivity index (χ1v) is 7.03. The van der Waals surface area contributed by atoms with Gasteiger partial charge in [0.25, 0.3) is 0 Å². The molecule has 1 aromatic carbocycles. The maximum absolute atomic E-state index is 5.58. The van der Waals surface area contributed by atoms with E-state index in [1.165, 1.54) is 16.5 Å². The van der Waals surface area contributed by atoms with Crippen LogP contribution in [0.2, 0.25) is 0 Å². The van der Waals surface area contributed by atoms with E-state index < -0.39 is 0 Å². The van der Waals surface area contributed by atoms with E-state index in [0.29, 0.717) is 6.61 Å². The number of pyridine rings is 1. The molecule has 20 heavy (non-hydrogen) atoms. The number of para-hydroxylation sites is 1. The van der Waals surface area contributed by atoms with E-state index in [1.54, 1.807) is 7.11 Å². The second-order valence-corrected chi connectivity index (χ2v) is 5.02. The number of fused-ring (bicyclic) bond motifs is 2. The van der Waals surface area contributed by atoms with Crippen molar-refractivity contribution in [3.8, 4) is 0 Å². The maximum Gasteiger partial charge on any atom is 0.0759 e. The van der Waals surface area contributed by atoms with Crippen LogP contribution in [0.25, 0.3) is 10.9 Å². The van der Waals surface area contributed by atoms with Crippen LogP contribution in [0, 0.1) is 0 Å². The molecule has 0 saturated heterocycles. The predicted octanol–water partition coefficient (Wildman–Crippen LogP) is 2.54. The highest BCUT2D eigenvalue weighted by Crippen LogP contribution is 2.32. The van der Waals surface area contributed by atoms with Crippen molar-refractivity contribution in [3.05, 3.63) is 35.0 Å². The van der Waals surface area contributed by atoms with Gasteiger partial charge in [-0.15, -0.1) is 0 Å². The van der Waals surface area contributed by atoms with Crippen LogP contribution in [0.4, 0.5) is 5.69 Å². The molecule has 1 aromatic heterocycles. The van der Waals surface area contributed by atoms with Crippen molar-refractivity contribution < 1.29 is 9.47 Å². The number of ether oxygens (including phenoxy) is 2.